The molecule has 6 nitrogen and oxygen atoms in total. The number of rotatable bonds is 8. The van der Waals surface area contributed by atoms with Gasteiger partial charge in [-0.3, -0.25) is 9.79 Å². The van der Waals surface area contributed by atoms with Crippen molar-refractivity contribution < 1.29 is 9.53 Å². The predicted molar refractivity (Wildman–Crippen MR) is 109 cm³/mol. The first-order valence-electron chi connectivity index (χ1n) is 7.94. The SMILES string of the molecule is CN=C(NCCOc1ccc(C)cc1)NCCC(=O)NC(C)C.I. The summed E-state index contributed by atoms with van der Waals surface area (Å²) < 4.78 is 5.63. The molecule has 0 aliphatic heterocycles. The maximum Gasteiger partial charge on any atom is 0.221 e. The molecule has 0 spiro atoms. The monoisotopic (exact) mass is 448 g/mol. The van der Waals surface area contributed by atoms with E-state index in [1.807, 2.05) is 45.0 Å². The molecular formula is C17H29IN4O2. The Balaban J connectivity index is 0.00000529. The molecule has 0 fully saturated rings. The zero-order valence-corrected chi connectivity index (χ0v) is 17.2. The Morgan fingerprint density at radius 2 is 1.79 bits per heavy atom. The Kier molecular flexibility index (Phi) is 12.0. The molecule has 3 N–H and O–H groups in total. The topological polar surface area (TPSA) is 74.8 Å². The van der Waals surface area contributed by atoms with E-state index < -0.39 is 0 Å². The molecule has 136 valence electrons. The smallest absolute Gasteiger partial charge is 0.221 e. The molecule has 24 heavy (non-hydrogen) atoms. The van der Waals surface area contributed by atoms with Crippen molar-refractivity contribution in [3.8, 4) is 5.75 Å². The number of aryl methyl sites for hydroxylation is 1. The summed E-state index contributed by atoms with van der Waals surface area (Å²) in [4.78, 5) is 15.6. The van der Waals surface area contributed by atoms with E-state index in [-0.39, 0.29) is 35.9 Å². The van der Waals surface area contributed by atoms with E-state index in [4.69, 9.17) is 4.74 Å². The lowest BCUT2D eigenvalue weighted by atomic mass is 10.2. The summed E-state index contributed by atoms with van der Waals surface area (Å²) in [6, 6.07) is 8.11. The summed E-state index contributed by atoms with van der Waals surface area (Å²) >= 11 is 0. The molecule has 0 atom stereocenters. The number of amides is 1. The minimum Gasteiger partial charge on any atom is -0.492 e. The van der Waals surface area contributed by atoms with Gasteiger partial charge in [-0.05, 0) is 32.9 Å². The molecule has 0 unspecified atom stereocenters. The van der Waals surface area contributed by atoms with E-state index in [2.05, 4.69) is 20.9 Å². The van der Waals surface area contributed by atoms with Crippen LogP contribution in [0.5, 0.6) is 5.75 Å². The highest BCUT2D eigenvalue weighted by Gasteiger charge is 2.03. The quantitative estimate of drug-likeness (QED) is 0.247. The molecular weight excluding hydrogens is 419 g/mol. The second kappa shape index (κ2) is 12.9. The summed E-state index contributed by atoms with van der Waals surface area (Å²) in [5, 5.41) is 9.10. The zero-order chi connectivity index (χ0) is 17.1. The van der Waals surface area contributed by atoms with Crippen molar-refractivity contribution >= 4 is 35.8 Å². The molecule has 0 saturated carbocycles. The van der Waals surface area contributed by atoms with Crippen LogP contribution in [-0.2, 0) is 4.79 Å². The Morgan fingerprint density at radius 3 is 2.38 bits per heavy atom. The number of hydrogen-bond acceptors (Lipinski definition) is 3. The van der Waals surface area contributed by atoms with Crippen LogP contribution in [0.1, 0.15) is 25.8 Å². The van der Waals surface area contributed by atoms with Crippen molar-refractivity contribution in [2.24, 2.45) is 4.99 Å². The van der Waals surface area contributed by atoms with E-state index in [1.165, 1.54) is 5.56 Å². The van der Waals surface area contributed by atoms with Crippen molar-refractivity contribution in [1.82, 2.24) is 16.0 Å². The Morgan fingerprint density at radius 1 is 1.17 bits per heavy atom. The third-order valence-electron chi connectivity index (χ3n) is 3.00. The average molecular weight is 448 g/mol. The van der Waals surface area contributed by atoms with Gasteiger partial charge in [0.1, 0.15) is 12.4 Å². The summed E-state index contributed by atoms with van der Waals surface area (Å²) in [5.74, 6) is 1.55. The first-order chi connectivity index (χ1) is 11.0. The summed E-state index contributed by atoms with van der Waals surface area (Å²) in [6.45, 7) is 7.64. The van der Waals surface area contributed by atoms with Gasteiger partial charge >= 0.3 is 0 Å². The van der Waals surface area contributed by atoms with Crippen LogP contribution < -0.4 is 20.7 Å². The van der Waals surface area contributed by atoms with Gasteiger partial charge in [-0.2, -0.15) is 0 Å². The normalized spacial score (nSPS) is 10.8. The van der Waals surface area contributed by atoms with E-state index in [1.54, 1.807) is 7.05 Å². The second-order valence-corrected chi connectivity index (χ2v) is 5.56. The number of nitrogens with zero attached hydrogens (tertiary/aromatic N) is 1. The molecule has 0 radical (unpaired) electrons. The number of nitrogens with one attached hydrogen (secondary N) is 3. The Hall–Kier alpha value is -1.51. The average Bonchev–Trinajstić information content (AvgIpc) is 2.50. The van der Waals surface area contributed by atoms with Gasteiger partial charge in [0.15, 0.2) is 5.96 Å². The maximum absolute atomic E-state index is 11.5. The molecule has 1 rings (SSSR count). The molecule has 7 heteroatoms. The standard InChI is InChI=1S/C17H28N4O2.HI/c1-13(2)21-16(22)9-10-19-17(18-4)20-11-12-23-15-7-5-14(3)6-8-15;/h5-8,13H,9-12H2,1-4H3,(H,21,22)(H2,18,19,20);1H. The minimum atomic E-state index is 0. The molecule has 0 aromatic heterocycles. The van der Waals surface area contributed by atoms with Crippen molar-refractivity contribution in [2.75, 3.05) is 26.7 Å². The Labute approximate surface area is 161 Å². The molecule has 1 aromatic rings. The number of ether oxygens (including phenoxy) is 1. The van der Waals surface area contributed by atoms with Gasteiger partial charge in [0.25, 0.3) is 0 Å². The van der Waals surface area contributed by atoms with Crippen molar-refractivity contribution in [3.63, 3.8) is 0 Å². The van der Waals surface area contributed by atoms with E-state index in [9.17, 15) is 4.79 Å². The lowest BCUT2D eigenvalue weighted by Gasteiger charge is -2.13. The fraction of sp³-hybridized carbons (Fsp3) is 0.529. The molecule has 0 aliphatic carbocycles. The molecule has 1 aromatic carbocycles. The van der Waals surface area contributed by atoms with Crippen LogP contribution in [0.15, 0.2) is 29.3 Å². The van der Waals surface area contributed by atoms with Crippen molar-refractivity contribution in [2.45, 2.75) is 33.2 Å². The summed E-state index contributed by atoms with van der Waals surface area (Å²) in [6.07, 6.45) is 0.415. The largest absolute Gasteiger partial charge is 0.492 e. The minimum absolute atomic E-state index is 0. The highest BCUT2D eigenvalue weighted by atomic mass is 127. The van der Waals surface area contributed by atoms with Gasteiger partial charge in [0, 0.05) is 26.1 Å². The zero-order valence-electron chi connectivity index (χ0n) is 14.9. The fourth-order valence-electron chi connectivity index (χ4n) is 1.88. The highest BCUT2D eigenvalue weighted by Crippen LogP contribution is 2.10. The molecule has 0 aliphatic rings. The van der Waals surface area contributed by atoms with Crippen LogP contribution in [0.2, 0.25) is 0 Å². The number of guanidine groups is 1. The number of aliphatic imine (C=N–C) groups is 1. The number of carbonyl (C=O) groups excluding carboxylic acids is 1. The predicted octanol–water partition coefficient (Wildman–Crippen LogP) is 2.07. The van der Waals surface area contributed by atoms with E-state index in [0.29, 0.717) is 32.1 Å². The molecule has 0 bridgehead atoms. The number of carbonyl (C=O) groups is 1. The number of hydrogen-bond donors (Lipinski definition) is 3. The summed E-state index contributed by atoms with van der Waals surface area (Å²) in [5.41, 5.74) is 1.21. The first-order valence-corrected chi connectivity index (χ1v) is 7.94. The second-order valence-electron chi connectivity index (χ2n) is 5.56. The molecule has 0 heterocycles. The number of halogens is 1. The fourth-order valence-corrected chi connectivity index (χ4v) is 1.88. The van der Waals surface area contributed by atoms with Gasteiger partial charge in [-0.15, -0.1) is 24.0 Å². The van der Waals surface area contributed by atoms with Crippen LogP contribution in [0.25, 0.3) is 0 Å². The molecule has 0 saturated heterocycles. The van der Waals surface area contributed by atoms with Crippen molar-refractivity contribution in [1.29, 1.82) is 0 Å². The third kappa shape index (κ3) is 10.3. The third-order valence-corrected chi connectivity index (χ3v) is 3.00. The first kappa shape index (κ1) is 22.5. The van der Waals surface area contributed by atoms with Gasteiger partial charge in [-0.1, -0.05) is 17.7 Å². The highest BCUT2D eigenvalue weighted by molar-refractivity contribution is 14.0. The van der Waals surface area contributed by atoms with Crippen LogP contribution in [-0.4, -0.2) is 44.7 Å². The maximum atomic E-state index is 11.5. The molecule has 1 amide bonds. The lowest BCUT2D eigenvalue weighted by Crippen LogP contribution is -2.41. The van der Waals surface area contributed by atoms with Gasteiger partial charge < -0.3 is 20.7 Å². The Bertz CT molecular complexity index is 504. The van der Waals surface area contributed by atoms with E-state index in [0.717, 1.165) is 5.75 Å². The van der Waals surface area contributed by atoms with E-state index >= 15 is 0 Å². The summed E-state index contributed by atoms with van der Waals surface area (Å²) in [7, 11) is 1.70. The van der Waals surface area contributed by atoms with Crippen LogP contribution in [0, 0.1) is 6.92 Å². The lowest BCUT2D eigenvalue weighted by molar-refractivity contribution is -0.121. The number of benzene rings is 1. The van der Waals surface area contributed by atoms with Crippen LogP contribution >= 0.6 is 24.0 Å². The van der Waals surface area contributed by atoms with Crippen LogP contribution in [0.4, 0.5) is 0 Å². The van der Waals surface area contributed by atoms with Gasteiger partial charge in [0.05, 0.1) is 6.54 Å². The van der Waals surface area contributed by atoms with Crippen LogP contribution in [0.3, 0.4) is 0 Å². The van der Waals surface area contributed by atoms with Crippen molar-refractivity contribution in [3.05, 3.63) is 29.8 Å². The van der Waals surface area contributed by atoms with Gasteiger partial charge in [-0.25, -0.2) is 0 Å². The van der Waals surface area contributed by atoms with Gasteiger partial charge in [0.2, 0.25) is 5.91 Å².